The lowest BCUT2D eigenvalue weighted by Gasteiger charge is -2.18. The van der Waals surface area contributed by atoms with Crippen molar-refractivity contribution in [1.29, 1.82) is 0 Å². The highest BCUT2D eigenvalue weighted by molar-refractivity contribution is 14.0. The fraction of sp³-hybridized carbons (Fsp3) is 0.278. The van der Waals surface area contributed by atoms with Gasteiger partial charge in [0, 0.05) is 27.2 Å². The molecule has 0 aliphatic rings. The van der Waals surface area contributed by atoms with Crippen molar-refractivity contribution in [2.24, 2.45) is 4.99 Å². The molecule has 0 aliphatic carbocycles. The molecule has 0 aromatic heterocycles. The lowest BCUT2D eigenvalue weighted by Crippen LogP contribution is -2.39. The van der Waals surface area contributed by atoms with Crippen LogP contribution in [0.25, 0.3) is 0 Å². The van der Waals surface area contributed by atoms with Crippen LogP contribution in [0.1, 0.15) is 17.2 Å². The Morgan fingerprint density at radius 1 is 1.00 bits per heavy atom. The molecule has 0 bridgehead atoms. The van der Waals surface area contributed by atoms with Gasteiger partial charge in [0.1, 0.15) is 0 Å². The first-order valence-electron chi connectivity index (χ1n) is 7.39. The van der Waals surface area contributed by atoms with E-state index >= 15 is 0 Å². The minimum Gasteiger partial charge on any atom is -0.375 e. The van der Waals surface area contributed by atoms with Crippen LogP contribution < -0.4 is 10.6 Å². The summed E-state index contributed by atoms with van der Waals surface area (Å²) in [6.07, 6.45) is -0.00326. The average molecular weight is 425 g/mol. The summed E-state index contributed by atoms with van der Waals surface area (Å²) < 4.78 is 5.55. The smallest absolute Gasteiger partial charge is 0.191 e. The summed E-state index contributed by atoms with van der Waals surface area (Å²) in [5.74, 6) is 0.766. The Morgan fingerprint density at radius 2 is 1.61 bits per heavy atom. The third kappa shape index (κ3) is 6.58. The van der Waals surface area contributed by atoms with E-state index in [0.717, 1.165) is 18.1 Å². The molecule has 2 rings (SSSR count). The normalized spacial score (nSPS) is 12.2. The van der Waals surface area contributed by atoms with Crippen LogP contribution in [-0.2, 0) is 11.3 Å². The predicted octanol–water partition coefficient (Wildman–Crippen LogP) is 3.36. The van der Waals surface area contributed by atoms with Crippen molar-refractivity contribution in [3.8, 4) is 0 Å². The van der Waals surface area contributed by atoms with Crippen LogP contribution in [0, 0.1) is 0 Å². The number of hydrogen-bond acceptors (Lipinski definition) is 2. The lowest BCUT2D eigenvalue weighted by atomic mass is 10.1. The SMILES string of the molecule is CN=C(NCc1ccccc1)NCC(OC)c1ccccc1.I. The molecule has 0 aliphatic heterocycles. The number of nitrogens with zero attached hydrogens (tertiary/aromatic N) is 1. The van der Waals surface area contributed by atoms with Crippen LogP contribution in [0.3, 0.4) is 0 Å². The molecule has 23 heavy (non-hydrogen) atoms. The maximum atomic E-state index is 5.55. The molecular weight excluding hydrogens is 401 g/mol. The first-order chi connectivity index (χ1) is 10.8. The van der Waals surface area contributed by atoms with E-state index in [9.17, 15) is 0 Å². The van der Waals surface area contributed by atoms with Gasteiger partial charge in [-0.05, 0) is 11.1 Å². The van der Waals surface area contributed by atoms with E-state index in [1.807, 2.05) is 36.4 Å². The van der Waals surface area contributed by atoms with Gasteiger partial charge in [0.05, 0.1) is 6.10 Å². The molecule has 0 saturated heterocycles. The second-order valence-electron chi connectivity index (χ2n) is 4.93. The maximum Gasteiger partial charge on any atom is 0.191 e. The fourth-order valence-electron chi connectivity index (χ4n) is 2.20. The number of hydrogen-bond donors (Lipinski definition) is 2. The van der Waals surface area contributed by atoms with E-state index in [1.54, 1.807) is 14.2 Å². The minimum atomic E-state index is -0.00326. The van der Waals surface area contributed by atoms with Gasteiger partial charge >= 0.3 is 0 Å². The number of ether oxygens (including phenoxy) is 1. The van der Waals surface area contributed by atoms with E-state index in [2.05, 4.69) is 39.9 Å². The molecule has 0 radical (unpaired) electrons. The third-order valence-electron chi connectivity index (χ3n) is 3.44. The second kappa shape index (κ2) is 11.0. The fourth-order valence-corrected chi connectivity index (χ4v) is 2.20. The van der Waals surface area contributed by atoms with Crippen LogP contribution in [0.4, 0.5) is 0 Å². The molecule has 2 N–H and O–H groups in total. The van der Waals surface area contributed by atoms with Crippen LogP contribution in [0.5, 0.6) is 0 Å². The Morgan fingerprint density at radius 3 is 2.17 bits per heavy atom. The zero-order valence-corrected chi connectivity index (χ0v) is 15.9. The Bertz CT molecular complexity index is 575. The van der Waals surface area contributed by atoms with E-state index in [0.29, 0.717) is 6.54 Å². The van der Waals surface area contributed by atoms with Crippen molar-refractivity contribution < 1.29 is 4.74 Å². The van der Waals surface area contributed by atoms with Crippen LogP contribution in [0.2, 0.25) is 0 Å². The molecular formula is C18H24IN3O. The topological polar surface area (TPSA) is 45.7 Å². The monoisotopic (exact) mass is 425 g/mol. The number of methoxy groups -OCH3 is 1. The first kappa shape index (κ1) is 19.4. The van der Waals surface area contributed by atoms with Crippen LogP contribution in [0.15, 0.2) is 65.7 Å². The molecule has 0 fully saturated rings. The molecule has 0 amide bonds. The largest absolute Gasteiger partial charge is 0.375 e. The number of rotatable bonds is 6. The molecule has 0 spiro atoms. The summed E-state index contributed by atoms with van der Waals surface area (Å²) in [6.45, 7) is 1.40. The van der Waals surface area contributed by atoms with Gasteiger partial charge in [-0.25, -0.2) is 0 Å². The van der Waals surface area contributed by atoms with Crippen molar-refractivity contribution in [1.82, 2.24) is 10.6 Å². The van der Waals surface area contributed by atoms with Gasteiger partial charge < -0.3 is 15.4 Å². The van der Waals surface area contributed by atoms with Gasteiger partial charge in [-0.3, -0.25) is 4.99 Å². The number of guanidine groups is 1. The van der Waals surface area contributed by atoms with Gasteiger partial charge in [-0.1, -0.05) is 60.7 Å². The Balaban J connectivity index is 0.00000264. The lowest BCUT2D eigenvalue weighted by molar-refractivity contribution is 0.106. The molecule has 5 heteroatoms. The van der Waals surface area contributed by atoms with Crippen LogP contribution >= 0.6 is 24.0 Å². The highest BCUT2D eigenvalue weighted by Gasteiger charge is 2.10. The Labute approximate surface area is 155 Å². The van der Waals surface area contributed by atoms with Crippen molar-refractivity contribution in [3.05, 3.63) is 71.8 Å². The first-order valence-corrected chi connectivity index (χ1v) is 7.39. The van der Waals surface area contributed by atoms with Gasteiger partial charge in [-0.15, -0.1) is 24.0 Å². The number of aliphatic imine (C=N–C) groups is 1. The summed E-state index contributed by atoms with van der Waals surface area (Å²) >= 11 is 0. The second-order valence-corrected chi connectivity index (χ2v) is 4.93. The van der Waals surface area contributed by atoms with Gasteiger partial charge in [0.25, 0.3) is 0 Å². The molecule has 1 atom stereocenters. The predicted molar refractivity (Wildman–Crippen MR) is 106 cm³/mol. The Kier molecular flexibility index (Phi) is 9.31. The van der Waals surface area contributed by atoms with Gasteiger partial charge in [0.15, 0.2) is 5.96 Å². The molecule has 2 aromatic carbocycles. The zero-order valence-electron chi connectivity index (χ0n) is 13.5. The summed E-state index contributed by atoms with van der Waals surface area (Å²) in [7, 11) is 3.49. The highest BCUT2D eigenvalue weighted by Crippen LogP contribution is 2.14. The minimum absolute atomic E-state index is 0. The van der Waals surface area contributed by atoms with Gasteiger partial charge in [0.2, 0.25) is 0 Å². The number of benzene rings is 2. The van der Waals surface area contributed by atoms with E-state index in [-0.39, 0.29) is 30.1 Å². The summed E-state index contributed by atoms with van der Waals surface area (Å²) in [5, 5.41) is 6.60. The third-order valence-corrected chi connectivity index (χ3v) is 3.44. The molecule has 124 valence electrons. The van der Waals surface area contributed by atoms with Gasteiger partial charge in [-0.2, -0.15) is 0 Å². The Hall–Kier alpha value is -1.60. The van der Waals surface area contributed by atoms with E-state index in [1.165, 1.54) is 5.56 Å². The van der Waals surface area contributed by atoms with Crippen LogP contribution in [-0.4, -0.2) is 26.7 Å². The molecule has 0 saturated carbocycles. The summed E-state index contributed by atoms with van der Waals surface area (Å²) in [6, 6.07) is 20.4. The summed E-state index contributed by atoms with van der Waals surface area (Å²) in [4.78, 5) is 4.24. The number of halogens is 1. The maximum absolute atomic E-state index is 5.55. The quantitative estimate of drug-likeness (QED) is 0.424. The zero-order chi connectivity index (χ0) is 15.6. The summed E-state index contributed by atoms with van der Waals surface area (Å²) in [5.41, 5.74) is 2.37. The van der Waals surface area contributed by atoms with E-state index < -0.39 is 0 Å². The molecule has 4 nitrogen and oxygen atoms in total. The average Bonchev–Trinajstić information content (AvgIpc) is 2.60. The highest BCUT2D eigenvalue weighted by atomic mass is 127. The number of nitrogens with one attached hydrogen (secondary N) is 2. The van der Waals surface area contributed by atoms with Crippen molar-refractivity contribution in [3.63, 3.8) is 0 Å². The standard InChI is InChI=1S/C18H23N3O.HI/c1-19-18(20-13-15-9-5-3-6-10-15)21-14-17(22-2)16-11-7-4-8-12-16;/h3-12,17H,13-14H2,1-2H3,(H2,19,20,21);1H. The van der Waals surface area contributed by atoms with E-state index in [4.69, 9.17) is 4.74 Å². The molecule has 0 heterocycles. The van der Waals surface area contributed by atoms with Crippen molar-refractivity contribution >= 4 is 29.9 Å². The molecule has 1 unspecified atom stereocenters. The van der Waals surface area contributed by atoms with Crippen molar-refractivity contribution in [2.75, 3.05) is 20.7 Å². The van der Waals surface area contributed by atoms with Crippen molar-refractivity contribution in [2.45, 2.75) is 12.6 Å². The molecule has 2 aromatic rings.